The van der Waals surface area contributed by atoms with Crippen LogP contribution in [0.1, 0.15) is 43.4 Å². The summed E-state index contributed by atoms with van der Waals surface area (Å²) in [6, 6.07) is 0. The topological polar surface area (TPSA) is 55.8 Å². The number of aliphatic carboxylic acids is 1. The lowest BCUT2D eigenvalue weighted by molar-refractivity contribution is -0.146. The van der Waals surface area contributed by atoms with Gasteiger partial charge in [-0.2, -0.15) is 0 Å². The van der Waals surface area contributed by atoms with Crippen molar-refractivity contribution in [3.63, 3.8) is 0 Å². The standard InChI is InChI=1S/C17H21BrO4/c1-17(2,16(19)20)9-12-10-5-3-8-22-15(10)13(18)11-6-4-7-21-14(11)12/h3-9H2,1-2H3,(H,19,20). The van der Waals surface area contributed by atoms with E-state index in [-0.39, 0.29) is 0 Å². The predicted molar refractivity (Wildman–Crippen MR) is 86.9 cm³/mol. The first kappa shape index (κ1) is 15.7. The molecular weight excluding hydrogens is 348 g/mol. The molecule has 1 aromatic carbocycles. The highest BCUT2D eigenvalue weighted by Gasteiger charge is 2.34. The Hall–Kier alpha value is -1.23. The summed E-state index contributed by atoms with van der Waals surface area (Å²) in [6.45, 7) is 4.94. The lowest BCUT2D eigenvalue weighted by Gasteiger charge is -2.31. The van der Waals surface area contributed by atoms with Gasteiger partial charge in [-0.05, 0) is 61.9 Å². The van der Waals surface area contributed by atoms with Gasteiger partial charge in [0.25, 0.3) is 0 Å². The molecule has 5 heteroatoms. The van der Waals surface area contributed by atoms with E-state index in [1.54, 1.807) is 13.8 Å². The van der Waals surface area contributed by atoms with E-state index in [0.717, 1.165) is 58.3 Å². The quantitative estimate of drug-likeness (QED) is 0.882. The molecule has 0 saturated heterocycles. The molecule has 0 saturated carbocycles. The Morgan fingerprint density at radius 1 is 1.14 bits per heavy atom. The van der Waals surface area contributed by atoms with Crippen LogP contribution in [0.3, 0.4) is 0 Å². The van der Waals surface area contributed by atoms with Crippen LogP contribution >= 0.6 is 15.9 Å². The zero-order chi connectivity index (χ0) is 15.9. The second-order valence-corrected chi connectivity index (χ2v) is 7.47. The van der Waals surface area contributed by atoms with Crippen LogP contribution in [0.4, 0.5) is 0 Å². The van der Waals surface area contributed by atoms with E-state index in [2.05, 4.69) is 15.9 Å². The summed E-state index contributed by atoms with van der Waals surface area (Å²) in [6.07, 6.45) is 4.25. The van der Waals surface area contributed by atoms with Crippen molar-refractivity contribution in [1.29, 1.82) is 0 Å². The molecule has 2 heterocycles. The number of hydrogen-bond acceptors (Lipinski definition) is 3. The number of carbonyl (C=O) groups is 1. The third kappa shape index (κ3) is 2.60. The lowest BCUT2D eigenvalue weighted by Crippen LogP contribution is -2.28. The van der Waals surface area contributed by atoms with Gasteiger partial charge in [0.15, 0.2) is 0 Å². The maximum Gasteiger partial charge on any atom is 0.309 e. The normalized spacial score (nSPS) is 17.0. The Kier molecular flexibility index (Phi) is 4.10. The third-order valence-electron chi connectivity index (χ3n) is 4.48. The zero-order valence-electron chi connectivity index (χ0n) is 13.0. The summed E-state index contributed by atoms with van der Waals surface area (Å²) in [7, 11) is 0. The minimum absolute atomic E-state index is 0.462. The van der Waals surface area contributed by atoms with Gasteiger partial charge in [0, 0.05) is 16.7 Å². The monoisotopic (exact) mass is 368 g/mol. The maximum absolute atomic E-state index is 11.5. The van der Waals surface area contributed by atoms with Crippen molar-refractivity contribution in [2.45, 2.75) is 46.0 Å². The van der Waals surface area contributed by atoms with Gasteiger partial charge < -0.3 is 14.6 Å². The number of fused-ring (bicyclic) bond motifs is 2. The number of carboxylic acids is 1. The van der Waals surface area contributed by atoms with Gasteiger partial charge >= 0.3 is 5.97 Å². The highest BCUT2D eigenvalue weighted by molar-refractivity contribution is 9.10. The molecule has 1 N–H and O–H groups in total. The number of ether oxygens (including phenoxy) is 2. The minimum atomic E-state index is -0.826. The van der Waals surface area contributed by atoms with Crippen LogP contribution in [0, 0.1) is 5.41 Å². The van der Waals surface area contributed by atoms with E-state index in [1.807, 2.05) is 0 Å². The van der Waals surface area contributed by atoms with Crippen molar-refractivity contribution < 1.29 is 19.4 Å². The second-order valence-electron chi connectivity index (χ2n) is 6.68. The van der Waals surface area contributed by atoms with Crippen molar-refractivity contribution in [3.8, 4) is 11.5 Å². The fourth-order valence-corrected chi connectivity index (χ4v) is 3.92. The molecular formula is C17H21BrO4. The molecule has 1 aromatic rings. The third-order valence-corrected chi connectivity index (χ3v) is 5.32. The van der Waals surface area contributed by atoms with Crippen LogP contribution in [0.2, 0.25) is 0 Å². The van der Waals surface area contributed by atoms with E-state index in [4.69, 9.17) is 9.47 Å². The van der Waals surface area contributed by atoms with Crippen molar-refractivity contribution >= 4 is 21.9 Å². The Morgan fingerprint density at radius 3 is 2.36 bits per heavy atom. The molecule has 2 aliphatic rings. The molecule has 0 spiro atoms. The van der Waals surface area contributed by atoms with Crippen LogP contribution in [-0.4, -0.2) is 24.3 Å². The van der Waals surface area contributed by atoms with E-state index < -0.39 is 11.4 Å². The van der Waals surface area contributed by atoms with E-state index >= 15 is 0 Å². The van der Waals surface area contributed by atoms with E-state index in [1.165, 1.54) is 0 Å². The molecule has 0 fully saturated rings. The number of benzene rings is 1. The predicted octanol–water partition coefficient (Wildman–Crippen LogP) is 3.75. The number of carboxylic acid groups (broad SMARTS) is 1. The minimum Gasteiger partial charge on any atom is -0.493 e. The van der Waals surface area contributed by atoms with Crippen LogP contribution < -0.4 is 9.47 Å². The Morgan fingerprint density at radius 2 is 1.73 bits per heavy atom. The summed E-state index contributed by atoms with van der Waals surface area (Å²) >= 11 is 3.67. The van der Waals surface area contributed by atoms with Gasteiger partial charge in [0.2, 0.25) is 0 Å². The second kappa shape index (κ2) is 5.76. The first-order valence-corrected chi connectivity index (χ1v) is 8.56. The first-order valence-electron chi connectivity index (χ1n) is 7.77. The van der Waals surface area contributed by atoms with Crippen molar-refractivity contribution in [3.05, 3.63) is 21.2 Å². The summed E-state index contributed by atoms with van der Waals surface area (Å²) in [4.78, 5) is 11.5. The zero-order valence-corrected chi connectivity index (χ0v) is 14.6. The molecule has 0 atom stereocenters. The van der Waals surface area contributed by atoms with Crippen molar-refractivity contribution in [2.75, 3.05) is 13.2 Å². The SMILES string of the molecule is CC(C)(Cc1c2c(c(Br)c3c1OCCC3)OCCC2)C(=O)O. The maximum atomic E-state index is 11.5. The Balaban J connectivity index is 2.17. The lowest BCUT2D eigenvalue weighted by atomic mass is 9.81. The molecule has 0 radical (unpaired) electrons. The molecule has 3 rings (SSSR count). The summed E-state index contributed by atoms with van der Waals surface area (Å²) < 4.78 is 12.8. The molecule has 22 heavy (non-hydrogen) atoms. The van der Waals surface area contributed by atoms with Crippen LogP contribution in [0.25, 0.3) is 0 Å². The van der Waals surface area contributed by atoms with Crippen LogP contribution in [-0.2, 0) is 24.1 Å². The largest absolute Gasteiger partial charge is 0.493 e. The summed E-state index contributed by atoms with van der Waals surface area (Å²) in [5.41, 5.74) is 2.45. The molecule has 0 aliphatic carbocycles. The summed E-state index contributed by atoms with van der Waals surface area (Å²) in [5, 5.41) is 9.48. The van der Waals surface area contributed by atoms with Gasteiger partial charge in [0.05, 0.1) is 23.1 Å². The first-order chi connectivity index (χ1) is 10.4. The van der Waals surface area contributed by atoms with Crippen molar-refractivity contribution in [2.24, 2.45) is 5.41 Å². The van der Waals surface area contributed by atoms with Crippen LogP contribution in [0.5, 0.6) is 11.5 Å². The van der Waals surface area contributed by atoms with Gasteiger partial charge in [-0.15, -0.1) is 0 Å². The molecule has 0 unspecified atom stereocenters. The van der Waals surface area contributed by atoms with E-state index in [9.17, 15) is 9.90 Å². The van der Waals surface area contributed by atoms with E-state index in [0.29, 0.717) is 19.6 Å². The molecule has 0 bridgehead atoms. The highest BCUT2D eigenvalue weighted by atomic mass is 79.9. The fourth-order valence-electron chi connectivity index (χ4n) is 3.19. The van der Waals surface area contributed by atoms with Crippen LogP contribution in [0.15, 0.2) is 4.47 Å². The molecule has 2 aliphatic heterocycles. The molecule has 4 nitrogen and oxygen atoms in total. The number of rotatable bonds is 3. The van der Waals surface area contributed by atoms with Gasteiger partial charge in [0.1, 0.15) is 11.5 Å². The van der Waals surface area contributed by atoms with Gasteiger partial charge in [-0.25, -0.2) is 0 Å². The number of hydrogen-bond donors (Lipinski definition) is 1. The molecule has 0 aromatic heterocycles. The smallest absolute Gasteiger partial charge is 0.309 e. The van der Waals surface area contributed by atoms with Gasteiger partial charge in [-0.1, -0.05) is 0 Å². The van der Waals surface area contributed by atoms with Gasteiger partial charge in [-0.3, -0.25) is 4.79 Å². The van der Waals surface area contributed by atoms with Crippen molar-refractivity contribution in [1.82, 2.24) is 0 Å². The Bertz CT molecular complexity index is 585. The Labute approximate surface area is 138 Å². The highest BCUT2D eigenvalue weighted by Crippen LogP contribution is 2.47. The molecule has 0 amide bonds. The molecule has 120 valence electrons. The summed E-state index contributed by atoms with van der Waals surface area (Å²) in [5.74, 6) is 0.994. The average Bonchev–Trinajstić information content (AvgIpc) is 2.51. The number of halogens is 1. The average molecular weight is 369 g/mol. The fraction of sp³-hybridized carbons (Fsp3) is 0.588.